The topological polar surface area (TPSA) is 73.1 Å². The molecule has 3 rings (SSSR count). The summed E-state index contributed by atoms with van der Waals surface area (Å²) in [6.45, 7) is 7.88. The van der Waals surface area contributed by atoms with Crippen LogP contribution in [0.4, 0.5) is 4.39 Å². The van der Waals surface area contributed by atoms with Gasteiger partial charge in [0.2, 0.25) is 0 Å². The van der Waals surface area contributed by atoms with E-state index in [0.717, 1.165) is 5.56 Å². The number of nitrogens with one attached hydrogen (secondary N) is 1. The normalized spacial score (nSPS) is 25.9. The number of carbonyl (C=O) groups is 1. The van der Waals surface area contributed by atoms with Gasteiger partial charge in [-0.25, -0.2) is 4.39 Å². The molecule has 1 aliphatic rings. The monoisotopic (exact) mass is 462 g/mol. The molecule has 4 atom stereocenters. The summed E-state index contributed by atoms with van der Waals surface area (Å²) >= 11 is 12.3. The van der Waals surface area contributed by atoms with Crippen LogP contribution in [0.15, 0.2) is 36.4 Å². The fourth-order valence-corrected chi connectivity index (χ4v) is 4.95. The number of nitriles is 1. The molecule has 1 fully saturated rings. The predicted molar refractivity (Wildman–Crippen MR) is 120 cm³/mol. The van der Waals surface area contributed by atoms with Crippen LogP contribution in [0.5, 0.6) is 0 Å². The predicted octanol–water partition coefficient (Wildman–Crippen LogP) is 5.85. The third kappa shape index (κ3) is 4.17. The molecule has 7 heteroatoms. The fraction of sp³-hybridized carbons (Fsp3) is 0.417. The van der Waals surface area contributed by atoms with Crippen molar-refractivity contribution in [3.05, 3.63) is 69.0 Å². The zero-order chi connectivity index (χ0) is 23.1. The molecule has 2 aromatic carbocycles. The van der Waals surface area contributed by atoms with Crippen molar-refractivity contribution < 1.29 is 14.3 Å². The first-order valence-electron chi connectivity index (χ1n) is 10.0. The van der Waals surface area contributed by atoms with Gasteiger partial charge in [-0.05, 0) is 47.6 Å². The van der Waals surface area contributed by atoms with E-state index in [1.807, 2.05) is 27.7 Å². The van der Waals surface area contributed by atoms with Gasteiger partial charge in [0, 0.05) is 17.0 Å². The van der Waals surface area contributed by atoms with Gasteiger partial charge >= 0.3 is 5.97 Å². The third-order valence-corrected chi connectivity index (χ3v) is 6.69. The van der Waals surface area contributed by atoms with Crippen LogP contribution in [0, 0.1) is 29.5 Å². The van der Waals surface area contributed by atoms with Crippen molar-refractivity contribution in [3.63, 3.8) is 0 Å². The second-order valence-corrected chi connectivity index (χ2v) is 10.2. The van der Waals surface area contributed by atoms with Crippen molar-refractivity contribution in [1.82, 2.24) is 5.32 Å². The lowest BCUT2D eigenvalue weighted by molar-refractivity contribution is -0.139. The summed E-state index contributed by atoms with van der Waals surface area (Å²) in [6, 6.07) is 10.4. The van der Waals surface area contributed by atoms with Crippen LogP contribution in [-0.2, 0) is 10.2 Å². The van der Waals surface area contributed by atoms with Crippen molar-refractivity contribution in [1.29, 1.82) is 5.26 Å². The Balaban J connectivity index is 2.36. The molecule has 1 saturated heterocycles. The molecule has 2 N–H and O–H groups in total. The van der Waals surface area contributed by atoms with Crippen LogP contribution in [0.2, 0.25) is 10.0 Å². The average Bonchev–Trinajstić information content (AvgIpc) is 2.99. The van der Waals surface area contributed by atoms with Gasteiger partial charge in [-0.15, -0.1) is 0 Å². The minimum atomic E-state index is -1.35. The minimum absolute atomic E-state index is 0.109. The zero-order valence-corrected chi connectivity index (χ0v) is 19.4. The number of carboxylic acid groups (broad SMARTS) is 1. The first-order chi connectivity index (χ1) is 14.4. The highest BCUT2D eigenvalue weighted by molar-refractivity contribution is 6.31. The van der Waals surface area contributed by atoms with Gasteiger partial charge in [0.05, 0.1) is 11.1 Å². The van der Waals surface area contributed by atoms with Gasteiger partial charge in [-0.1, -0.05) is 68.2 Å². The molecule has 1 aliphatic heterocycles. The van der Waals surface area contributed by atoms with Crippen LogP contribution in [0.3, 0.4) is 0 Å². The van der Waals surface area contributed by atoms with Gasteiger partial charge in [0.1, 0.15) is 17.3 Å². The average molecular weight is 463 g/mol. The summed E-state index contributed by atoms with van der Waals surface area (Å²) in [5.74, 6) is -2.85. The Kier molecular flexibility index (Phi) is 6.40. The van der Waals surface area contributed by atoms with Crippen molar-refractivity contribution in [2.45, 2.75) is 57.5 Å². The van der Waals surface area contributed by atoms with Gasteiger partial charge in [-0.3, -0.25) is 10.1 Å². The lowest BCUT2D eigenvalue weighted by atomic mass is 9.62. The summed E-state index contributed by atoms with van der Waals surface area (Å²) in [4.78, 5) is 12.3. The molecule has 0 bridgehead atoms. The molecule has 2 aromatic rings. The Hall–Kier alpha value is -2.13. The van der Waals surface area contributed by atoms with Crippen LogP contribution < -0.4 is 5.32 Å². The summed E-state index contributed by atoms with van der Waals surface area (Å²) < 4.78 is 15.2. The molecule has 0 aromatic heterocycles. The fourth-order valence-electron chi connectivity index (χ4n) is 4.65. The highest BCUT2D eigenvalue weighted by Gasteiger charge is 2.60. The Labute approximate surface area is 192 Å². The highest BCUT2D eigenvalue weighted by Crippen LogP contribution is 2.52. The number of carboxylic acids is 1. The maximum absolute atomic E-state index is 15.2. The van der Waals surface area contributed by atoms with E-state index in [0.29, 0.717) is 17.0 Å². The zero-order valence-electron chi connectivity index (χ0n) is 17.8. The molecule has 0 radical (unpaired) electrons. The second kappa shape index (κ2) is 8.43. The maximum Gasteiger partial charge on any atom is 0.321 e. The van der Waals surface area contributed by atoms with Gasteiger partial charge in [0.15, 0.2) is 0 Å². The molecule has 0 saturated carbocycles. The third-order valence-electron chi connectivity index (χ3n) is 5.97. The number of aryl methyl sites for hydroxylation is 1. The molecule has 31 heavy (non-hydrogen) atoms. The molecule has 0 unspecified atom stereocenters. The van der Waals surface area contributed by atoms with E-state index in [9.17, 15) is 15.2 Å². The molecule has 4 nitrogen and oxygen atoms in total. The quantitative estimate of drug-likeness (QED) is 0.597. The number of nitrogens with zero attached hydrogens (tertiary/aromatic N) is 1. The van der Waals surface area contributed by atoms with Crippen LogP contribution in [-0.4, -0.2) is 23.2 Å². The van der Waals surface area contributed by atoms with Gasteiger partial charge in [0.25, 0.3) is 0 Å². The van der Waals surface area contributed by atoms with Crippen molar-refractivity contribution in [3.8, 4) is 6.07 Å². The molecular formula is C24H25Cl2FN2O2. The summed E-state index contributed by atoms with van der Waals surface area (Å²) in [5.41, 5.74) is -0.0966. The van der Waals surface area contributed by atoms with E-state index in [-0.39, 0.29) is 16.0 Å². The first kappa shape index (κ1) is 23.5. The second-order valence-electron chi connectivity index (χ2n) is 9.37. The molecule has 0 spiro atoms. The van der Waals surface area contributed by atoms with E-state index in [1.54, 1.807) is 24.3 Å². The Morgan fingerprint density at radius 1 is 1.26 bits per heavy atom. The summed E-state index contributed by atoms with van der Waals surface area (Å²) in [5, 5.41) is 24.2. The Morgan fingerprint density at radius 3 is 2.48 bits per heavy atom. The Morgan fingerprint density at radius 2 is 1.94 bits per heavy atom. The number of hydrogen-bond acceptors (Lipinski definition) is 3. The standard InChI is InChI=1S/C24H25Cl2FN2O2/c1-13-10-14(8-9-16(13)25)24(12-28)18(11-23(2,3)4)29-21(22(30)31)19(24)15-6-5-7-17(26)20(15)27/h5-10,18-19,21,29H,11H2,1-4H3,(H,30,31)/t18-,19-,21+,24-/m0/s1. The summed E-state index contributed by atoms with van der Waals surface area (Å²) in [6.07, 6.45) is 0.505. The molecule has 1 heterocycles. The van der Waals surface area contributed by atoms with Crippen molar-refractivity contribution in [2.24, 2.45) is 5.41 Å². The van der Waals surface area contributed by atoms with Gasteiger partial charge in [-0.2, -0.15) is 5.26 Å². The van der Waals surface area contributed by atoms with E-state index in [4.69, 9.17) is 23.2 Å². The number of benzene rings is 2. The lowest BCUT2D eigenvalue weighted by Crippen LogP contribution is -2.44. The van der Waals surface area contributed by atoms with Crippen LogP contribution >= 0.6 is 23.2 Å². The largest absolute Gasteiger partial charge is 0.480 e. The number of rotatable bonds is 4. The van der Waals surface area contributed by atoms with Gasteiger partial charge < -0.3 is 5.11 Å². The van der Waals surface area contributed by atoms with Crippen molar-refractivity contribution in [2.75, 3.05) is 0 Å². The van der Waals surface area contributed by atoms with Crippen LogP contribution in [0.25, 0.3) is 0 Å². The van der Waals surface area contributed by atoms with Crippen molar-refractivity contribution >= 4 is 29.2 Å². The van der Waals surface area contributed by atoms with E-state index in [1.165, 1.54) is 12.1 Å². The molecule has 0 amide bonds. The first-order valence-corrected chi connectivity index (χ1v) is 10.8. The number of halogens is 3. The van der Waals surface area contributed by atoms with E-state index >= 15 is 4.39 Å². The lowest BCUT2D eigenvalue weighted by Gasteiger charge is -2.37. The minimum Gasteiger partial charge on any atom is -0.480 e. The van der Waals surface area contributed by atoms with E-state index in [2.05, 4.69) is 11.4 Å². The SMILES string of the molecule is Cc1cc([C@@]2(C#N)[C@H](CC(C)(C)C)N[C@@H](C(=O)O)[C@@H]2c2cccc(Cl)c2F)ccc1Cl. The molecule has 0 aliphatic carbocycles. The van der Waals surface area contributed by atoms with Crippen LogP contribution in [0.1, 0.15) is 49.8 Å². The Bertz CT molecular complexity index is 1060. The number of aliphatic carboxylic acids is 1. The van der Waals surface area contributed by atoms with E-state index < -0.39 is 35.2 Å². The molecular weight excluding hydrogens is 438 g/mol. The molecule has 164 valence electrons. The number of hydrogen-bond donors (Lipinski definition) is 2. The smallest absolute Gasteiger partial charge is 0.321 e. The highest BCUT2D eigenvalue weighted by atomic mass is 35.5. The maximum atomic E-state index is 15.2. The summed E-state index contributed by atoms with van der Waals surface area (Å²) in [7, 11) is 0.